The molecule has 3 rings (SSSR count). The summed E-state index contributed by atoms with van der Waals surface area (Å²) in [6.45, 7) is 21.4. The fourth-order valence-electron chi connectivity index (χ4n) is 7.83. The average Bonchev–Trinajstić information content (AvgIpc) is 3.44. The van der Waals surface area contributed by atoms with Gasteiger partial charge in [-0.25, -0.2) is 0 Å². The van der Waals surface area contributed by atoms with Crippen molar-refractivity contribution in [1.82, 2.24) is 14.7 Å². The number of carbonyl (C=O) groups is 3. The molecule has 5 atom stereocenters. The second-order valence-corrected chi connectivity index (χ2v) is 13.6. The molecule has 0 saturated carbocycles. The summed E-state index contributed by atoms with van der Waals surface area (Å²) < 4.78 is 6.91. The number of aliphatic hydroxyl groups is 1. The van der Waals surface area contributed by atoms with Crippen LogP contribution in [0.3, 0.4) is 0 Å². The van der Waals surface area contributed by atoms with Gasteiger partial charge >= 0.3 is 0 Å². The molecule has 3 heterocycles. The van der Waals surface area contributed by atoms with Gasteiger partial charge in [-0.1, -0.05) is 39.8 Å². The third-order valence-electron chi connectivity index (χ3n) is 9.04. The van der Waals surface area contributed by atoms with E-state index >= 15 is 0 Å². The van der Waals surface area contributed by atoms with Crippen LogP contribution < -0.4 is 0 Å². The van der Waals surface area contributed by atoms with Crippen LogP contribution >= 0.6 is 0 Å². The van der Waals surface area contributed by atoms with Crippen LogP contribution in [0, 0.1) is 17.3 Å². The van der Waals surface area contributed by atoms with Crippen LogP contribution in [-0.4, -0.2) is 93.6 Å². The van der Waals surface area contributed by atoms with Gasteiger partial charge in [-0.05, 0) is 57.8 Å². The predicted molar refractivity (Wildman–Crippen MR) is 153 cm³/mol. The Balaban J connectivity index is 2.13. The van der Waals surface area contributed by atoms with E-state index in [1.54, 1.807) is 29.0 Å². The number of hydrogen-bond acceptors (Lipinski definition) is 5. The van der Waals surface area contributed by atoms with Crippen LogP contribution in [0.2, 0.25) is 0 Å². The maximum atomic E-state index is 14.7. The highest BCUT2D eigenvalue weighted by atomic mass is 16.5. The van der Waals surface area contributed by atoms with E-state index in [4.69, 9.17) is 4.74 Å². The number of likely N-dealkylation sites (tertiary alicyclic amines) is 1. The zero-order valence-electron chi connectivity index (χ0n) is 25.3. The zero-order chi connectivity index (χ0) is 29.4. The number of likely N-dealkylation sites (N-methyl/N-ethyl adjacent to an activating group) is 1. The normalized spacial score (nSPS) is 29.9. The predicted octanol–water partition coefficient (Wildman–Crippen LogP) is 3.79. The Hall–Kier alpha value is -2.19. The Bertz CT molecular complexity index is 972. The SMILES string of the molecule is C=CCN(C)C(=O)[C@@H]1[C@H]2C(=O)N(CCCCO)C(C(=O)N(CC=C)C(C)(C)CC(C)(C)C)C23CC[C@@]1(CC)O3. The van der Waals surface area contributed by atoms with Crippen molar-refractivity contribution in [2.45, 2.75) is 103 Å². The first kappa shape index (κ1) is 31.3. The summed E-state index contributed by atoms with van der Waals surface area (Å²) in [5, 5.41) is 9.44. The molecule has 3 aliphatic heterocycles. The highest BCUT2D eigenvalue weighted by Crippen LogP contribution is 2.64. The number of aliphatic hydroxyl groups excluding tert-OH is 1. The summed E-state index contributed by atoms with van der Waals surface area (Å²) in [5.41, 5.74) is -2.36. The molecule has 3 saturated heterocycles. The quantitative estimate of drug-likeness (QED) is 0.281. The second kappa shape index (κ2) is 11.4. The summed E-state index contributed by atoms with van der Waals surface area (Å²) in [4.78, 5) is 48.0. The molecule has 0 aliphatic carbocycles. The molecule has 1 N–H and O–H groups in total. The van der Waals surface area contributed by atoms with Crippen molar-refractivity contribution < 1.29 is 24.2 Å². The monoisotopic (exact) mass is 545 g/mol. The Morgan fingerprint density at radius 2 is 1.74 bits per heavy atom. The Morgan fingerprint density at radius 1 is 1.10 bits per heavy atom. The fourth-order valence-corrected chi connectivity index (χ4v) is 7.83. The first-order chi connectivity index (χ1) is 18.2. The van der Waals surface area contributed by atoms with Crippen molar-refractivity contribution in [3.8, 4) is 0 Å². The highest BCUT2D eigenvalue weighted by Gasteiger charge is 2.79. The van der Waals surface area contributed by atoms with Crippen molar-refractivity contribution in [2.24, 2.45) is 17.3 Å². The molecule has 3 aliphatic rings. The van der Waals surface area contributed by atoms with Gasteiger partial charge in [0, 0.05) is 38.8 Å². The molecule has 0 aromatic carbocycles. The van der Waals surface area contributed by atoms with Crippen molar-refractivity contribution in [1.29, 1.82) is 0 Å². The second-order valence-electron chi connectivity index (χ2n) is 13.6. The van der Waals surface area contributed by atoms with Crippen molar-refractivity contribution >= 4 is 17.7 Å². The van der Waals surface area contributed by atoms with E-state index in [2.05, 4.69) is 47.8 Å². The number of ether oxygens (including phenoxy) is 1. The molecule has 0 aromatic rings. The number of unbranched alkanes of at least 4 members (excludes halogenated alkanes) is 1. The van der Waals surface area contributed by atoms with Gasteiger partial charge < -0.3 is 24.5 Å². The molecule has 8 heteroatoms. The number of nitrogens with zero attached hydrogens (tertiary/aromatic N) is 3. The maximum Gasteiger partial charge on any atom is 0.249 e. The Morgan fingerprint density at radius 3 is 2.28 bits per heavy atom. The molecular formula is C31H51N3O5. The molecule has 2 bridgehead atoms. The van der Waals surface area contributed by atoms with Gasteiger partial charge in [-0.3, -0.25) is 14.4 Å². The van der Waals surface area contributed by atoms with Crippen molar-refractivity contribution in [3.05, 3.63) is 25.3 Å². The van der Waals surface area contributed by atoms with Gasteiger partial charge in [-0.15, -0.1) is 13.2 Å². The largest absolute Gasteiger partial charge is 0.396 e. The topological polar surface area (TPSA) is 90.4 Å². The molecule has 39 heavy (non-hydrogen) atoms. The van der Waals surface area contributed by atoms with Crippen LogP contribution in [0.4, 0.5) is 0 Å². The summed E-state index contributed by atoms with van der Waals surface area (Å²) in [6, 6.07) is -0.830. The number of rotatable bonds is 13. The smallest absolute Gasteiger partial charge is 0.249 e. The van der Waals surface area contributed by atoms with Crippen molar-refractivity contribution in [2.75, 3.05) is 33.3 Å². The van der Waals surface area contributed by atoms with E-state index in [0.29, 0.717) is 51.7 Å². The lowest BCUT2D eigenvalue weighted by atomic mass is 9.64. The van der Waals surface area contributed by atoms with Gasteiger partial charge in [-0.2, -0.15) is 0 Å². The standard InChI is InChI=1S/C31H51N3O5/c1-10-17-32(9)25(36)22-23-26(37)33(19-13-14-20-35)24(31(23)16-15-30(22,12-3)39-31)27(38)34(18-11-2)29(7,8)21-28(4,5)6/h10-11,22-24,35H,1-2,12-21H2,3-9H3/t22-,23-,24?,30+,31?/m0/s1. The third kappa shape index (κ3) is 5.43. The number of hydrogen-bond donors (Lipinski definition) is 1. The minimum absolute atomic E-state index is 0.0132. The molecule has 2 unspecified atom stereocenters. The van der Waals surface area contributed by atoms with Gasteiger partial charge in [0.25, 0.3) is 0 Å². The van der Waals surface area contributed by atoms with Gasteiger partial charge in [0.2, 0.25) is 17.7 Å². The molecule has 0 aromatic heterocycles. The average molecular weight is 546 g/mol. The van der Waals surface area contributed by atoms with E-state index in [0.717, 1.165) is 6.42 Å². The Kier molecular flexibility index (Phi) is 9.13. The van der Waals surface area contributed by atoms with E-state index < -0.39 is 34.6 Å². The van der Waals surface area contributed by atoms with Crippen LogP contribution in [0.1, 0.15) is 80.1 Å². The lowest BCUT2D eigenvalue weighted by molar-refractivity contribution is -0.158. The van der Waals surface area contributed by atoms with E-state index in [1.165, 1.54) is 0 Å². The maximum absolute atomic E-state index is 14.7. The fraction of sp³-hybridized carbons (Fsp3) is 0.774. The molecule has 1 spiro atoms. The van der Waals surface area contributed by atoms with Crippen LogP contribution in [-0.2, 0) is 19.1 Å². The lowest BCUT2D eigenvalue weighted by Gasteiger charge is -2.45. The first-order valence-corrected chi connectivity index (χ1v) is 14.6. The highest BCUT2D eigenvalue weighted by molar-refractivity contribution is 5.99. The van der Waals surface area contributed by atoms with Crippen LogP contribution in [0.15, 0.2) is 25.3 Å². The van der Waals surface area contributed by atoms with Gasteiger partial charge in [0.1, 0.15) is 11.6 Å². The van der Waals surface area contributed by atoms with Crippen molar-refractivity contribution in [3.63, 3.8) is 0 Å². The molecule has 3 fully saturated rings. The summed E-state index contributed by atoms with van der Waals surface area (Å²) >= 11 is 0. The Labute approximate surface area is 235 Å². The molecule has 8 nitrogen and oxygen atoms in total. The minimum atomic E-state index is -1.06. The molecule has 0 radical (unpaired) electrons. The summed E-state index contributed by atoms with van der Waals surface area (Å²) in [6.07, 6.45) is 7.04. The van der Waals surface area contributed by atoms with Gasteiger partial charge in [0.05, 0.1) is 17.4 Å². The third-order valence-corrected chi connectivity index (χ3v) is 9.04. The van der Waals surface area contributed by atoms with E-state index in [1.807, 2.05) is 11.8 Å². The lowest BCUT2D eigenvalue weighted by Crippen LogP contribution is -2.61. The van der Waals surface area contributed by atoms with Crippen LogP contribution in [0.5, 0.6) is 0 Å². The number of fused-ring (bicyclic) bond motifs is 1. The molecule has 220 valence electrons. The van der Waals surface area contributed by atoms with Gasteiger partial charge in [0.15, 0.2) is 0 Å². The first-order valence-electron chi connectivity index (χ1n) is 14.6. The van der Waals surface area contributed by atoms with E-state index in [-0.39, 0.29) is 29.7 Å². The summed E-state index contributed by atoms with van der Waals surface area (Å²) in [5.74, 6) is -1.83. The molecule has 3 amide bonds. The zero-order valence-corrected chi connectivity index (χ0v) is 25.3. The summed E-state index contributed by atoms with van der Waals surface area (Å²) in [7, 11) is 1.73. The number of amides is 3. The molecular weight excluding hydrogens is 494 g/mol. The number of carbonyl (C=O) groups excluding carboxylic acids is 3. The minimum Gasteiger partial charge on any atom is -0.396 e. The van der Waals surface area contributed by atoms with E-state index in [9.17, 15) is 19.5 Å². The van der Waals surface area contributed by atoms with Crippen LogP contribution in [0.25, 0.3) is 0 Å².